The molecule has 28 heavy (non-hydrogen) atoms. The third kappa shape index (κ3) is 2.57. The van der Waals surface area contributed by atoms with Crippen molar-refractivity contribution in [3.63, 3.8) is 0 Å². The zero-order valence-corrected chi connectivity index (χ0v) is 16.2. The fourth-order valence-corrected chi connectivity index (χ4v) is 5.30. The molecule has 0 saturated carbocycles. The fourth-order valence-electron chi connectivity index (χ4n) is 4.63. The largest absolute Gasteiger partial charge is 0.353 e. The number of carbonyl (C=O) groups is 1. The van der Waals surface area contributed by atoms with Gasteiger partial charge in [0.15, 0.2) is 5.82 Å². The molecule has 2 aliphatic heterocycles. The number of halogens is 1. The van der Waals surface area contributed by atoms with Gasteiger partial charge in [0.05, 0.1) is 17.8 Å². The van der Waals surface area contributed by atoms with E-state index in [2.05, 4.69) is 20.5 Å². The van der Waals surface area contributed by atoms with E-state index in [1.807, 2.05) is 46.1 Å². The summed E-state index contributed by atoms with van der Waals surface area (Å²) < 4.78 is 15.7. The van der Waals surface area contributed by atoms with Crippen molar-refractivity contribution in [1.82, 2.24) is 14.5 Å². The minimum atomic E-state index is -0.445. The Balaban J connectivity index is 1.52. The molecule has 1 atom stereocenters. The molecule has 1 spiro atoms. The van der Waals surface area contributed by atoms with Crippen LogP contribution in [0.25, 0.3) is 5.82 Å². The molecule has 2 aliphatic rings. The Morgan fingerprint density at radius 3 is 3.04 bits per heavy atom. The molecule has 0 bridgehead atoms. The number of amides is 1. The van der Waals surface area contributed by atoms with Crippen LogP contribution in [-0.2, 0) is 16.8 Å². The lowest BCUT2D eigenvalue weighted by atomic mass is 9.89. The maximum atomic E-state index is 13.6. The van der Waals surface area contributed by atoms with E-state index < -0.39 is 12.2 Å². The third-order valence-electron chi connectivity index (χ3n) is 5.87. The maximum absolute atomic E-state index is 13.6. The fraction of sp³-hybridized carbons (Fsp3) is 0.333. The van der Waals surface area contributed by atoms with Crippen LogP contribution in [0.3, 0.4) is 0 Å². The zero-order valence-electron chi connectivity index (χ0n) is 15.4. The summed E-state index contributed by atoms with van der Waals surface area (Å²) in [6.07, 6.45) is 4.97. The third-order valence-corrected chi connectivity index (χ3v) is 6.60. The molecule has 5 nitrogen and oxygen atoms in total. The minimum absolute atomic E-state index is 0.130. The highest BCUT2D eigenvalue weighted by Crippen LogP contribution is 2.46. The van der Waals surface area contributed by atoms with Crippen LogP contribution in [-0.4, -0.2) is 46.7 Å². The molecule has 3 aromatic rings. The van der Waals surface area contributed by atoms with Gasteiger partial charge in [0.25, 0.3) is 0 Å². The molecule has 5 rings (SSSR count). The van der Waals surface area contributed by atoms with Gasteiger partial charge in [0.1, 0.15) is 12.2 Å². The first-order chi connectivity index (χ1) is 13.7. The van der Waals surface area contributed by atoms with E-state index in [1.165, 1.54) is 0 Å². The molecule has 3 aromatic heterocycles. The van der Waals surface area contributed by atoms with Crippen molar-refractivity contribution < 1.29 is 9.18 Å². The van der Waals surface area contributed by atoms with Crippen LogP contribution in [0.15, 0.2) is 53.5 Å². The Morgan fingerprint density at radius 1 is 1.29 bits per heavy atom. The highest BCUT2D eigenvalue weighted by molar-refractivity contribution is 7.08. The van der Waals surface area contributed by atoms with E-state index in [4.69, 9.17) is 0 Å². The number of carbonyl (C=O) groups excluding carboxylic acids is 1. The Bertz CT molecular complexity index is 1000. The number of nitrogens with zero attached hydrogens (tertiary/aromatic N) is 4. The van der Waals surface area contributed by atoms with Crippen molar-refractivity contribution in [1.29, 1.82) is 0 Å². The van der Waals surface area contributed by atoms with Gasteiger partial charge >= 0.3 is 0 Å². The summed E-state index contributed by atoms with van der Waals surface area (Å²) in [7, 11) is 0. The summed E-state index contributed by atoms with van der Waals surface area (Å²) in [6.45, 7) is 1.08. The first-order valence-electron chi connectivity index (χ1n) is 9.49. The van der Waals surface area contributed by atoms with Gasteiger partial charge in [-0.3, -0.25) is 4.79 Å². The van der Waals surface area contributed by atoms with Crippen LogP contribution in [0.2, 0.25) is 0 Å². The smallest absolute Gasteiger partial charge is 0.227 e. The number of aromatic nitrogens is 2. The summed E-state index contributed by atoms with van der Waals surface area (Å²) in [5.41, 5.74) is 2.64. The zero-order chi connectivity index (χ0) is 19.1. The summed E-state index contributed by atoms with van der Waals surface area (Å²) >= 11 is 1.61. The Hall–Kier alpha value is -2.67. The second-order valence-electron chi connectivity index (χ2n) is 7.36. The number of alkyl halides is 1. The van der Waals surface area contributed by atoms with E-state index in [-0.39, 0.29) is 12.5 Å². The topological polar surface area (TPSA) is 41.4 Å². The van der Waals surface area contributed by atoms with Crippen molar-refractivity contribution in [3.8, 4) is 5.82 Å². The average molecular weight is 396 g/mol. The van der Waals surface area contributed by atoms with Gasteiger partial charge in [-0.25, -0.2) is 9.37 Å². The Labute approximate surface area is 167 Å². The summed E-state index contributed by atoms with van der Waals surface area (Å²) in [4.78, 5) is 21.5. The number of anilines is 1. The average Bonchev–Trinajstić information content (AvgIpc) is 3.46. The predicted molar refractivity (Wildman–Crippen MR) is 108 cm³/mol. The molecule has 0 N–H and O–H groups in total. The molecule has 1 fully saturated rings. The number of hydrogen-bond acceptors (Lipinski definition) is 4. The molecule has 5 heterocycles. The number of fused-ring (bicyclic) bond motifs is 4. The predicted octanol–water partition coefficient (Wildman–Crippen LogP) is 3.39. The molecule has 7 heteroatoms. The lowest BCUT2D eigenvalue weighted by Gasteiger charge is -2.46. The molecule has 0 aromatic carbocycles. The van der Waals surface area contributed by atoms with Gasteiger partial charge in [-0.15, -0.1) is 0 Å². The summed E-state index contributed by atoms with van der Waals surface area (Å²) in [6, 6.07) is 9.97. The van der Waals surface area contributed by atoms with Crippen molar-refractivity contribution in [2.75, 3.05) is 31.2 Å². The standard InChI is InChI=1S/C21H21FN4OS/c22-7-11-26-17-3-1-8-23-20(17)25-9-2-4-18(25)21(26)6-10-24(15-21)19(27)13-16-5-12-28-14-16/h1-5,8-9,12,14H,6-7,10-11,13,15H2/t21-/m1/s1. The van der Waals surface area contributed by atoms with Crippen LogP contribution in [0.1, 0.15) is 17.7 Å². The number of hydrogen-bond donors (Lipinski definition) is 0. The summed E-state index contributed by atoms with van der Waals surface area (Å²) in [5, 5.41) is 4.02. The highest BCUT2D eigenvalue weighted by Gasteiger charge is 2.50. The number of rotatable bonds is 4. The van der Waals surface area contributed by atoms with Crippen molar-refractivity contribution in [2.24, 2.45) is 0 Å². The normalized spacial score (nSPS) is 20.5. The molecule has 0 radical (unpaired) electrons. The lowest BCUT2D eigenvalue weighted by Crippen LogP contribution is -2.53. The number of thiophene rings is 1. The molecular formula is C21H21FN4OS. The number of pyridine rings is 1. The minimum Gasteiger partial charge on any atom is -0.353 e. The highest BCUT2D eigenvalue weighted by atomic mass is 32.1. The SMILES string of the molecule is O=C(Cc1ccsc1)N1CC[C@@]2(C1)c1cccn1-c1ncccc1N2CCF. The van der Waals surface area contributed by atoms with Gasteiger partial charge in [-0.05, 0) is 53.1 Å². The molecule has 144 valence electrons. The second-order valence-corrected chi connectivity index (χ2v) is 8.14. The van der Waals surface area contributed by atoms with Crippen molar-refractivity contribution >= 4 is 22.9 Å². The van der Waals surface area contributed by atoms with Crippen LogP contribution >= 0.6 is 11.3 Å². The van der Waals surface area contributed by atoms with Gasteiger partial charge in [-0.1, -0.05) is 0 Å². The van der Waals surface area contributed by atoms with Gasteiger partial charge in [0, 0.05) is 32.0 Å². The first kappa shape index (κ1) is 17.4. The first-order valence-corrected chi connectivity index (χ1v) is 10.4. The van der Waals surface area contributed by atoms with Crippen LogP contribution in [0.5, 0.6) is 0 Å². The van der Waals surface area contributed by atoms with Crippen molar-refractivity contribution in [3.05, 3.63) is 64.7 Å². The van der Waals surface area contributed by atoms with E-state index in [1.54, 1.807) is 17.5 Å². The lowest BCUT2D eigenvalue weighted by molar-refractivity contribution is -0.129. The molecule has 1 saturated heterocycles. The second kappa shape index (κ2) is 6.74. The monoisotopic (exact) mass is 396 g/mol. The van der Waals surface area contributed by atoms with E-state index in [0.717, 1.165) is 29.2 Å². The Kier molecular flexibility index (Phi) is 4.19. The van der Waals surface area contributed by atoms with Crippen LogP contribution in [0, 0.1) is 0 Å². The van der Waals surface area contributed by atoms with Gasteiger partial charge in [-0.2, -0.15) is 11.3 Å². The van der Waals surface area contributed by atoms with E-state index >= 15 is 0 Å². The maximum Gasteiger partial charge on any atom is 0.227 e. The molecular weight excluding hydrogens is 375 g/mol. The molecule has 0 unspecified atom stereocenters. The van der Waals surface area contributed by atoms with Crippen LogP contribution in [0.4, 0.5) is 10.1 Å². The van der Waals surface area contributed by atoms with Crippen LogP contribution < -0.4 is 4.90 Å². The summed E-state index contributed by atoms with van der Waals surface area (Å²) in [5.74, 6) is 0.954. The molecule has 0 aliphatic carbocycles. The molecule has 1 amide bonds. The van der Waals surface area contributed by atoms with Gasteiger partial charge in [0.2, 0.25) is 5.91 Å². The Morgan fingerprint density at radius 2 is 2.21 bits per heavy atom. The van der Waals surface area contributed by atoms with Crippen molar-refractivity contribution in [2.45, 2.75) is 18.4 Å². The quantitative estimate of drug-likeness (QED) is 0.679. The van der Waals surface area contributed by atoms with E-state index in [9.17, 15) is 9.18 Å². The van der Waals surface area contributed by atoms with E-state index in [0.29, 0.717) is 19.5 Å². The number of likely N-dealkylation sites (tertiary alicyclic amines) is 1. The van der Waals surface area contributed by atoms with Gasteiger partial charge < -0.3 is 14.4 Å².